The minimum absolute atomic E-state index is 0. The zero-order valence-corrected chi connectivity index (χ0v) is 16.9. The molecule has 5 N–H and O–H groups in total. The molecule has 1 saturated heterocycles. The van der Waals surface area contributed by atoms with Gasteiger partial charge in [-0.25, -0.2) is 6.61 Å². The van der Waals surface area contributed by atoms with Gasteiger partial charge in [-0.05, 0) is 17.9 Å². The van der Waals surface area contributed by atoms with Crippen LogP contribution in [0.5, 0.6) is 0 Å². The van der Waals surface area contributed by atoms with E-state index in [-0.39, 0.29) is 59.1 Å². The van der Waals surface area contributed by atoms with Gasteiger partial charge < -0.3 is 5.11 Å². The fourth-order valence-corrected chi connectivity index (χ4v) is 2.22. The summed E-state index contributed by atoms with van der Waals surface area (Å²) >= 11 is 1.99. The monoisotopic (exact) mass is 339 g/mol. The van der Waals surface area contributed by atoms with E-state index in [0.29, 0.717) is 0 Å². The molecule has 0 bridgehead atoms. The fraction of sp³-hybridized carbons (Fsp3) is 0.833. The minimum atomic E-state index is -2.87. The van der Waals surface area contributed by atoms with Crippen molar-refractivity contribution in [1.82, 2.24) is 0 Å². The summed E-state index contributed by atoms with van der Waals surface area (Å²) < 4.78 is 17.4. The molecule has 1 atom stereocenters. The van der Waals surface area contributed by atoms with Crippen LogP contribution in [0.3, 0.4) is 0 Å². The zero-order valence-electron chi connectivity index (χ0n) is 10.3. The molecule has 1 aliphatic heterocycles. The Balaban J connectivity index is -0.0000000860. The molecular formula is C6H15Na2O7P2S+3. The Hall–Kier alpha value is 2.35. The van der Waals surface area contributed by atoms with Crippen molar-refractivity contribution in [3.63, 3.8) is 0 Å². The van der Waals surface area contributed by atoms with Gasteiger partial charge in [0.15, 0.2) is 0 Å². The molecule has 0 saturated carbocycles. The molecule has 96 valence electrons. The van der Waals surface area contributed by atoms with Gasteiger partial charge in [0.05, 0.1) is 0 Å². The average molecular weight is 339 g/mol. The molecule has 1 fully saturated rings. The summed E-state index contributed by atoms with van der Waals surface area (Å²) in [6.45, 7) is 1.29. The Morgan fingerprint density at radius 3 is 1.72 bits per heavy atom. The molecule has 1 heterocycles. The van der Waals surface area contributed by atoms with E-state index in [1.54, 1.807) is 0 Å². The van der Waals surface area contributed by atoms with E-state index < -0.39 is 16.5 Å². The first kappa shape index (κ1) is 28.5. The van der Waals surface area contributed by atoms with Gasteiger partial charge in [-0.1, -0.05) is 5.92 Å². The average Bonchev–Trinajstić information content (AvgIpc) is 2.55. The van der Waals surface area contributed by atoms with Crippen LogP contribution >= 0.6 is 28.3 Å². The number of hydrogen-bond donors (Lipinski definition) is 5. The van der Waals surface area contributed by atoms with Crippen LogP contribution in [-0.4, -0.2) is 36.2 Å². The first-order valence-electron chi connectivity index (χ1n) is 4.13. The van der Waals surface area contributed by atoms with Crippen molar-refractivity contribution in [3.8, 4) is 0 Å². The summed E-state index contributed by atoms with van der Waals surface area (Å²) in [6, 6.07) is 0. The molecule has 0 aliphatic carbocycles. The van der Waals surface area contributed by atoms with E-state index in [0.717, 1.165) is 12.3 Å². The topological polar surface area (TPSA) is 135 Å². The molecule has 1 rings (SSSR count). The van der Waals surface area contributed by atoms with Crippen LogP contribution in [0.15, 0.2) is 0 Å². The first-order valence-corrected chi connectivity index (χ1v) is 7.62. The predicted octanol–water partition coefficient (Wildman–Crippen LogP) is -5.07. The molecular weight excluding hydrogens is 324 g/mol. The molecule has 1 aliphatic rings. The summed E-state index contributed by atoms with van der Waals surface area (Å²) in [4.78, 5) is 28.5. The number of aliphatic hydroxyl groups excluding tert-OH is 1. The van der Waals surface area contributed by atoms with Gasteiger partial charge >= 0.3 is 75.6 Å². The van der Waals surface area contributed by atoms with E-state index >= 15 is 0 Å². The van der Waals surface area contributed by atoms with Crippen molar-refractivity contribution in [1.29, 1.82) is 0 Å². The van der Waals surface area contributed by atoms with E-state index in [4.69, 9.17) is 33.8 Å². The van der Waals surface area contributed by atoms with Crippen molar-refractivity contribution < 1.29 is 92.9 Å². The van der Waals surface area contributed by atoms with Crippen LogP contribution < -0.4 is 59.1 Å². The van der Waals surface area contributed by atoms with Gasteiger partial charge in [-0.2, -0.15) is 18.2 Å². The van der Waals surface area contributed by atoms with Crippen LogP contribution in [0.25, 0.3) is 0 Å². The summed E-state index contributed by atoms with van der Waals surface area (Å²) in [5.41, 5.74) is 0. The third-order valence-electron chi connectivity index (χ3n) is 1.46. The number of hydrogen-bond acceptors (Lipinski definition) is 4. The number of thioether (sulfide) groups is 1. The van der Waals surface area contributed by atoms with Gasteiger partial charge in [0.25, 0.3) is 0 Å². The third kappa shape index (κ3) is 36.2. The van der Waals surface area contributed by atoms with Gasteiger partial charge in [0.2, 0.25) is 0 Å². The summed E-state index contributed by atoms with van der Waals surface area (Å²) in [6.07, 6.45) is 2.19. The largest absolute Gasteiger partial charge is 1.00 e. The van der Waals surface area contributed by atoms with Crippen LogP contribution in [0.4, 0.5) is 0 Å². The van der Waals surface area contributed by atoms with Crippen molar-refractivity contribution in [2.75, 3.05) is 11.5 Å². The maximum Gasteiger partial charge on any atom is 1.00 e. The Labute approximate surface area is 156 Å². The van der Waals surface area contributed by atoms with E-state index in [2.05, 4.69) is 0 Å². The molecule has 0 spiro atoms. The molecule has 0 amide bonds. The molecule has 12 heteroatoms. The molecule has 0 aromatic heterocycles. The summed E-state index contributed by atoms with van der Waals surface area (Å²) in [5, 5.41) is 8.39. The van der Waals surface area contributed by atoms with Crippen molar-refractivity contribution >= 4 is 28.3 Å². The zero-order chi connectivity index (χ0) is 13.0. The van der Waals surface area contributed by atoms with Gasteiger partial charge in [0.1, 0.15) is 0 Å². The second kappa shape index (κ2) is 21.6. The molecule has 0 aromatic carbocycles. The molecule has 1 unspecified atom stereocenters. The minimum Gasteiger partial charge on any atom is -0.566 e. The van der Waals surface area contributed by atoms with Gasteiger partial charge in [-0.15, -0.1) is 19.6 Å². The van der Waals surface area contributed by atoms with Crippen molar-refractivity contribution in [2.24, 2.45) is 5.92 Å². The van der Waals surface area contributed by atoms with Crippen LogP contribution in [0.1, 0.15) is 12.8 Å². The van der Waals surface area contributed by atoms with Crippen LogP contribution in [-0.2, 0) is 9.13 Å². The fourth-order valence-electron chi connectivity index (χ4n) is 0.918. The number of aliphatic hydroxyl groups is 1. The van der Waals surface area contributed by atoms with Crippen molar-refractivity contribution in [2.45, 2.75) is 12.8 Å². The predicted molar refractivity (Wildman–Crippen MR) is 60.4 cm³/mol. The molecule has 0 radical (unpaired) electrons. The SMILES string of the molecule is O=[P+](O)O.O=[P+](O)O.O[CH-]CC1CCSC1.[Na+].[Na+]. The number of rotatable bonds is 2. The van der Waals surface area contributed by atoms with Crippen molar-refractivity contribution in [3.05, 3.63) is 6.61 Å². The van der Waals surface area contributed by atoms with Gasteiger partial charge in [-0.3, -0.25) is 0 Å². The third-order valence-corrected chi connectivity index (χ3v) is 2.69. The van der Waals surface area contributed by atoms with E-state index in [9.17, 15) is 0 Å². The second-order valence-corrected chi connectivity index (χ2v) is 4.81. The summed E-state index contributed by atoms with van der Waals surface area (Å²) in [7, 11) is -5.74. The normalized spacial score (nSPS) is 15.7. The van der Waals surface area contributed by atoms with E-state index in [1.807, 2.05) is 11.8 Å². The smallest absolute Gasteiger partial charge is 0.566 e. The maximum atomic E-state index is 8.70. The standard InChI is InChI=1S/C6H11OS.2Na.2HO3P/c7-3-1-6-2-4-8-5-6;;;2*1-4(2)3/h3,6-7H,1-2,4-5H2;;;2*(H-,1,2,3)/q-1;2*+1;;/p+2. The molecule has 18 heavy (non-hydrogen) atoms. The first-order chi connectivity index (χ1) is 7.40. The second-order valence-electron chi connectivity index (χ2n) is 2.65. The van der Waals surface area contributed by atoms with E-state index in [1.165, 1.54) is 24.5 Å². The Morgan fingerprint density at radius 1 is 1.11 bits per heavy atom. The summed E-state index contributed by atoms with van der Waals surface area (Å²) in [5.74, 6) is 3.31. The Kier molecular flexibility index (Phi) is 34.3. The Bertz CT molecular complexity index is 186. The quantitative estimate of drug-likeness (QED) is 0.192. The maximum absolute atomic E-state index is 8.70. The molecule has 7 nitrogen and oxygen atoms in total. The van der Waals surface area contributed by atoms with Gasteiger partial charge in [0, 0.05) is 9.13 Å². The van der Waals surface area contributed by atoms with Crippen LogP contribution in [0.2, 0.25) is 0 Å². The van der Waals surface area contributed by atoms with Crippen LogP contribution in [0, 0.1) is 12.5 Å². The Morgan fingerprint density at radius 2 is 1.50 bits per heavy atom. The molecule has 0 aromatic rings.